The lowest BCUT2D eigenvalue weighted by molar-refractivity contribution is -0.133. The molecule has 2 aliphatic rings. The lowest BCUT2D eigenvalue weighted by Gasteiger charge is -2.28. The van der Waals surface area contributed by atoms with Gasteiger partial charge in [-0.15, -0.1) is 0 Å². The highest BCUT2D eigenvalue weighted by Gasteiger charge is 2.33. The van der Waals surface area contributed by atoms with Crippen LogP contribution in [0.4, 0.5) is 5.82 Å². The average molecular weight is 400 g/mol. The zero-order valence-electron chi connectivity index (χ0n) is 18.1. The van der Waals surface area contributed by atoms with Gasteiger partial charge in [0.05, 0.1) is 18.2 Å². The minimum Gasteiger partial charge on any atom is -0.347 e. The van der Waals surface area contributed by atoms with Gasteiger partial charge < -0.3 is 14.8 Å². The van der Waals surface area contributed by atoms with E-state index in [0.29, 0.717) is 17.4 Å². The molecule has 158 valence electrons. The van der Waals surface area contributed by atoms with Crippen LogP contribution in [0.2, 0.25) is 0 Å². The SMILES string of the molecule is Cc1c(C#N)c(NC(=O)CN2CCCC2C(=O)N(C)C)n(C2CCCCC2)c1C. The number of likely N-dealkylation sites (N-methyl/N-ethyl adjacent to an activating group) is 1. The van der Waals surface area contributed by atoms with Crippen LogP contribution in [0.15, 0.2) is 0 Å². The zero-order valence-corrected chi connectivity index (χ0v) is 18.1. The zero-order chi connectivity index (χ0) is 21.1. The second-order valence-corrected chi connectivity index (χ2v) is 8.62. The van der Waals surface area contributed by atoms with Gasteiger partial charge in [-0.25, -0.2) is 0 Å². The van der Waals surface area contributed by atoms with Gasteiger partial charge in [0.15, 0.2) is 0 Å². The number of carbonyl (C=O) groups excluding carboxylic acids is 2. The minimum atomic E-state index is -0.236. The van der Waals surface area contributed by atoms with Crippen LogP contribution in [0.1, 0.15) is 67.8 Å². The van der Waals surface area contributed by atoms with Crippen LogP contribution in [0.3, 0.4) is 0 Å². The quantitative estimate of drug-likeness (QED) is 0.825. The van der Waals surface area contributed by atoms with Crippen molar-refractivity contribution in [2.24, 2.45) is 0 Å². The first-order chi connectivity index (χ1) is 13.8. The Morgan fingerprint density at radius 3 is 2.45 bits per heavy atom. The van der Waals surface area contributed by atoms with Crippen molar-refractivity contribution in [3.63, 3.8) is 0 Å². The van der Waals surface area contributed by atoms with Gasteiger partial charge in [-0.1, -0.05) is 19.3 Å². The number of rotatable bonds is 5. The Morgan fingerprint density at radius 2 is 1.83 bits per heavy atom. The Kier molecular flexibility index (Phi) is 6.63. The van der Waals surface area contributed by atoms with E-state index in [2.05, 4.69) is 16.0 Å². The first-order valence-electron chi connectivity index (χ1n) is 10.7. The number of carbonyl (C=O) groups is 2. The summed E-state index contributed by atoms with van der Waals surface area (Å²) in [6.45, 7) is 4.90. The number of nitrogens with one attached hydrogen (secondary N) is 1. The van der Waals surface area contributed by atoms with E-state index in [0.717, 1.165) is 43.5 Å². The van der Waals surface area contributed by atoms with E-state index >= 15 is 0 Å². The van der Waals surface area contributed by atoms with Gasteiger partial charge in [0.1, 0.15) is 11.9 Å². The molecule has 0 bridgehead atoms. The first kappa shape index (κ1) is 21.4. The molecule has 7 heteroatoms. The highest BCUT2D eigenvalue weighted by molar-refractivity contribution is 5.94. The molecular weight excluding hydrogens is 366 g/mol. The predicted molar refractivity (Wildman–Crippen MR) is 113 cm³/mol. The molecule has 1 aromatic heterocycles. The highest BCUT2D eigenvalue weighted by Crippen LogP contribution is 2.36. The molecule has 7 nitrogen and oxygen atoms in total. The Labute approximate surface area is 173 Å². The van der Waals surface area contributed by atoms with Crippen molar-refractivity contribution in [1.29, 1.82) is 5.26 Å². The number of aromatic nitrogens is 1. The number of likely N-dealkylation sites (tertiary alicyclic amines) is 1. The van der Waals surface area contributed by atoms with Crippen LogP contribution in [0.25, 0.3) is 0 Å². The summed E-state index contributed by atoms with van der Waals surface area (Å²) in [4.78, 5) is 28.9. The molecule has 1 atom stereocenters. The summed E-state index contributed by atoms with van der Waals surface area (Å²) in [5.41, 5.74) is 2.56. The maximum Gasteiger partial charge on any atom is 0.239 e. The highest BCUT2D eigenvalue weighted by atomic mass is 16.2. The maximum atomic E-state index is 12.9. The number of hydrogen-bond acceptors (Lipinski definition) is 4. The van der Waals surface area contributed by atoms with Gasteiger partial charge in [0.2, 0.25) is 11.8 Å². The molecule has 29 heavy (non-hydrogen) atoms. The van der Waals surface area contributed by atoms with Gasteiger partial charge in [-0.2, -0.15) is 5.26 Å². The Hall–Kier alpha value is -2.33. The molecular formula is C22H33N5O2. The Bertz CT molecular complexity index is 814. The molecule has 1 aromatic rings. The molecule has 3 rings (SSSR count). The molecule has 1 saturated carbocycles. The third-order valence-electron chi connectivity index (χ3n) is 6.50. The smallest absolute Gasteiger partial charge is 0.239 e. The lowest BCUT2D eigenvalue weighted by atomic mass is 9.95. The molecule has 2 fully saturated rings. The molecule has 0 spiro atoms. The van der Waals surface area contributed by atoms with Crippen molar-refractivity contribution in [1.82, 2.24) is 14.4 Å². The molecule has 1 aliphatic carbocycles. The van der Waals surface area contributed by atoms with Gasteiger partial charge >= 0.3 is 0 Å². The summed E-state index contributed by atoms with van der Waals surface area (Å²) in [6.07, 6.45) is 7.46. The lowest BCUT2D eigenvalue weighted by Crippen LogP contribution is -2.45. The van der Waals surface area contributed by atoms with E-state index in [-0.39, 0.29) is 24.4 Å². The largest absolute Gasteiger partial charge is 0.347 e. The molecule has 0 aromatic carbocycles. The second-order valence-electron chi connectivity index (χ2n) is 8.62. The molecule has 1 unspecified atom stereocenters. The van der Waals surface area contributed by atoms with E-state index < -0.39 is 0 Å². The molecule has 2 amide bonds. The Morgan fingerprint density at radius 1 is 1.14 bits per heavy atom. The normalized spacial score (nSPS) is 20.4. The van der Waals surface area contributed by atoms with Crippen molar-refractivity contribution in [3.8, 4) is 6.07 Å². The van der Waals surface area contributed by atoms with Gasteiger partial charge in [-0.3, -0.25) is 14.5 Å². The van der Waals surface area contributed by atoms with Crippen LogP contribution in [-0.2, 0) is 9.59 Å². The van der Waals surface area contributed by atoms with Crippen molar-refractivity contribution in [2.75, 3.05) is 32.5 Å². The van der Waals surface area contributed by atoms with Gasteiger partial charge in [-0.05, 0) is 51.6 Å². The Balaban J connectivity index is 1.80. The third kappa shape index (κ3) is 4.32. The van der Waals surface area contributed by atoms with Gasteiger partial charge in [0, 0.05) is 25.8 Å². The van der Waals surface area contributed by atoms with Crippen LogP contribution in [0.5, 0.6) is 0 Å². The summed E-state index contributed by atoms with van der Waals surface area (Å²) >= 11 is 0. The summed E-state index contributed by atoms with van der Waals surface area (Å²) in [7, 11) is 3.50. The van der Waals surface area contributed by atoms with E-state index in [1.807, 2.05) is 18.7 Å². The average Bonchev–Trinajstić information content (AvgIpc) is 3.24. The fraction of sp³-hybridized carbons (Fsp3) is 0.682. The first-order valence-corrected chi connectivity index (χ1v) is 10.7. The van der Waals surface area contributed by atoms with Crippen molar-refractivity contribution < 1.29 is 9.59 Å². The van der Waals surface area contributed by atoms with Crippen LogP contribution < -0.4 is 5.32 Å². The summed E-state index contributed by atoms with van der Waals surface area (Å²) in [6, 6.07) is 2.39. The van der Waals surface area contributed by atoms with Crippen molar-refractivity contribution in [2.45, 2.75) is 70.9 Å². The third-order valence-corrected chi connectivity index (χ3v) is 6.50. The molecule has 1 saturated heterocycles. The number of anilines is 1. The number of nitriles is 1. The summed E-state index contributed by atoms with van der Waals surface area (Å²) in [5, 5.41) is 12.8. The second kappa shape index (κ2) is 9.00. The van der Waals surface area contributed by atoms with Crippen molar-refractivity contribution in [3.05, 3.63) is 16.8 Å². The van der Waals surface area contributed by atoms with E-state index in [4.69, 9.17) is 0 Å². The predicted octanol–water partition coefficient (Wildman–Crippen LogP) is 2.97. The van der Waals surface area contributed by atoms with E-state index in [1.54, 1.807) is 19.0 Å². The monoisotopic (exact) mass is 399 g/mol. The number of amides is 2. The van der Waals surface area contributed by atoms with E-state index in [1.165, 1.54) is 19.3 Å². The molecule has 2 heterocycles. The van der Waals surface area contributed by atoms with Crippen LogP contribution in [0, 0.1) is 25.2 Å². The van der Waals surface area contributed by atoms with Crippen LogP contribution >= 0.6 is 0 Å². The van der Waals surface area contributed by atoms with Crippen LogP contribution in [-0.4, -0.2) is 59.4 Å². The standard InChI is InChI=1S/C22H33N5O2/c1-15-16(2)27(17-9-6-5-7-10-17)21(18(15)13-23)24-20(28)14-26-12-8-11-19(26)22(29)25(3)4/h17,19H,5-12,14H2,1-4H3,(H,24,28). The fourth-order valence-corrected chi connectivity index (χ4v) is 4.83. The fourth-order valence-electron chi connectivity index (χ4n) is 4.83. The minimum absolute atomic E-state index is 0.0466. The number of hydrogen-bond donors (Lipinski definition) is 1. The summed E-state index contributed by atoms with van der Waals surface area (Å²) in [5.74, 6) is 0.522. The molecule has 0 radical (unpaired) electrons. The van der Waals surface area contributed by atoms with Crippen molar-refractivity contribution >= 4 is 17.6 Å². The topological polar surface area (TPSA) is 81.4 Å². The number of nitrogens with zero attached hydrogens (tertiary/aromatic N) is 4. The molecule has 1 aliphatic heterocycles. The molecule has 1 N–H and O–H groups in total. The maximum absolute atomic E-state index is 12.9. The van der Waals surface area contributed by atoms with E-state index in [9.17, 15) is 14.9 Å². The summed E-state index contributed by atoms with van der Waals surface area (Å²) < 4.78 is 2.18. The van der Waals surface area contributed by atoms with Gasteiger partial charge in [0.25, 0.3) is 0 Å².